The van der Waals surface area contributed by atoms with Crippen LogP contribution in [0.1, 0.15) is 0 Å². The highest BCUT2D eigenvalue weighted by Gasteiger charge is 2.15. The van der Waals surface area contributed by atoms with E-state index >= 15 is 0 Å². The Bertz CT molecular complexity index is 666. The molecule has 0 saturated carbocycles. The number of aromatic nitrogens is 3. The highest BCUT2D eigenvalue weighted by atomic mass is 19.1. The van der Waals surface area contributed by atoms with Gasteiger partial charge in [-0.3, -0.25) is 0 Å². The monoisotopic (exact) mass is 256 g/mol. The molecule has 0 aliphatic heterocycles. The molecule has 0 unspecified atom stereocenters. The van der Waals surface area contributed by atoms with Gasteiger partial charge in [0.2, 0.25) is 5.82 Å². The predicted molar refractivity (Wildman–Crippen MR) is 67.3 cm³/mol. The molecule has 0 spiro atoms. The molecule has 94 valence electrons. The Morgan fingerprint density at radius 2 is 1.95 bits per heavy atom. The van der Waals surface area contributed by atoms with Gasteiger partial charge >= 0.3 is 0 Å². The third kappa shape index (κ3) is 2.03. The van der Waals surface area contributed by atoms with Crippen LogP contribution in [0.5, 0.6) is 0 Å². The highest BCUT2D eigenvalue weighted by molar-refractivity contribution is 5.67. The second-order valence-corrected chi connectivity index (χ2v) is 3.84. The first kappa shape index (κ1) is 11.3. The summed E-state index contributed by atoms with van der Waals surface area (Å²) in [6.07, 6.45) is 1.57. The number of hydrogen-bond acceptors (Lipinski definition) is 5. The fourth-order valence-electron chi connectivity index (χ4n) is 1.67. The number of hydrogen-bond donors (Lipinski definition) is 1. The molecule has 0 amide bonds. The predicted octanol–water partition coefficient (Wildman–Crippen LogP) is 2.52. The molecule has 19 heavy (non-hydrogen) atoms. The van der Waals surface area contributed by atoms with Gasteiger partial charge in [0, 0.05) is 6.20 Å². The van der Waals surface area contributed by atoms with Crippen molar-refractivity contribution in [1.29, 1.82) is 0 Å². The van der Waals surface area contributed by atoms with Gasteiger partial charge in [-0.2, -0.15) is 4.98 Å². The molecule has 0 atom stereocenters. The van der Waals surface area contributed by atoms with Gasteiger partial charge in [0.05, 0.1) is 11.3 Å². The molecule has 2 heterocycles. The molecule has 2 N–H and O–H groups in total. The van der Waals surface area contributed by atoms with Crippen molar-refractivity contribution in [3.63, 3.8) is 0 Å². The molecule has 0 saturated heterocycles. The summed E-state index contributed by atoms with van der Waals surface area (Å²) in [5, 5.41) is 3.74. The van der Waals surface area contributed by atoms with Crippen LogP contribution in [0.25, 0.3) is 23.0 Å². The summed E-state index contributed by atoms with van der Waals surface area (Å²) in [4.78, 5) is 8.18. The fourth-order valence-corrected chi connectivity index (χ4v) is 1.67. The second-order valence-electron chi connectivity index (χ2n) is 3.84. The van der Waals surface area contributed by atoms with Crippen molar-refractivity contribution < 1.29 is 8.91 Å². The molecular weight excluding hydrogens is 247 g/mol. The van der Waals surface area contributed by atoms with E-state index in [1.807, 2.05) is 0 Å². The minimum absolute atomic E-state index is 0.163. The number of nitrogen functional groups attached to an aromatic ring is 1. The SMILES string of the molecule is Nc1cccnc1-c1nc(-c2ccccc2F)no1. The van der Waals surface area contributed by atoms with Crippen LogP contribution in [0.3, 0.4) is 0 Å². The Kier molecular flexibility index (Phi) is 2.68. The molecule has 5 nitrogen and oxygen atoms in total. The van der Waals surface area contributed by atoms with Crippen molar-refractivity contribution in [1.82, 2.24) is 15.1 Å². The standard InChI is InChI=1S/C13H9FN4O/c14-9-5-2-1-4-8(9)12-17-13(19-18-12)11-10(15)6-3-7-16-11/h1-7H,15H2. The summed E-state index contributed by atoms with van der Waals surface area (Å²) in [5.74, 6) is -0.0849. The fraction of sp³-hybridized carbons (Fsp3) is 0. The zero-order valence-electron chi connectivity index (χ0n) is 9.75. The van der Waals surface area contributed by atoms with Gasteiger partial charge in [-0.05, 0) is 24.3 Å². The van der Waals surface area contributed by atoms with Gasteiger partial charge in [0.15, 0.2) is 5.69 Å². The van der Waals surface area contributed by atoms with E-state index in [0.717, 1.165) is 0 Å². The summed E-state index contributed by atoms with van der Waals surface area (Å²) < 4.78 is 18.7. The van der Waals surface area contributed by atoms with Crippen LogP contribution < -0.4 is 5.73 Å². The van der Waals surface area contributed by atoms with Crippen molar-refractivity contribution in [3.8, 4) is 23.0 Å². The lowest BCUT2D eigenvalue weighted by atomic mass is 10.2. The number of halogens is 1. The van der Waals surface area contributed by atoms with Crippen LogP contribution in [-0.4, -0.2) is 15.1 Å². The van der Waals surface area contributed by atoms with Gasteiger partial charge in [-0.25, -0.2) is 9.37 Å². The number of nitrogens with two attached hydrogens (primary N) is 1. The summed E-state index contributed by atoms with van der Waals surface area (Å²) >= 11 is 0. The zero-order chi connectivity index (χ0) is 13.2. The normalized spacial score (nSPS) is 10.6. The minimum atomic E-state index is -0.413. The van der Waals surface area contributed by atoms with Crippen LogP contribution in [0.15, 0.2) is 47.1 Å². The first-order valence-corrected chi connectivity index (χ1v) is 5.55. The van der Waals surface area contributed by atoms with Crippen molar-refractivity contribution in [3.05, 3.63) is 48.4 Å². The van der Waals surface area contributed by atoms with Crippen LogP contribution in [-0.2, 0) is 0 Å². The quantitative estimate of drug-likeness (QED) is 0.762. The molecule has 1 aromatic carbocycles. The highest BCUT2D eigenvalue weighted by Crippen LogP contribution is 2.25. The van der Waals surface area contributed by atoms with E-state index in [4.69, 9.17) is 10.3 Å². The van der Waals surface area contributed by atoms with Crippen LogP contribution in [0.2, 0.25) is 0 Å². The summed E-state index contributed by atoms with van der Waals surface area (Å²) in [7, 11) is 0. The number of rotatable bonds is 2. The van der Waals surface area contributed by atoms with E-state index in [1.165, 1.54) is 6.07 Å². The maximum Gasteiger partial charge on any atom is 0.278 e. The lowest BCUT2D eigenvalue weighted by molar-refractivity contribution is 0.430. The van der Waals surface area contributed by atoms with Gasteiger partial charge in [-0.1, -0.05) is 17.3 Å². The third-order valence-electron chi connectivity index (χ3n) is 2.58. The van der Waals surface area contributed by atoms with Crippen molar-refractivity contribution >= 4 is 5.69 Å². The summed E-state index contributed by atoms with van der Waals surface area (Å²) in [5.41, 5.74) is 6.85. The number of anilines is 1. The summed E-state index contributed by atoms with van der Waals surface area (Å²) in [6, 6.07) is 9.58. The molecule has 3 rings (SSSR count). The van der Waals surface area contributed by atoms with Crippen LogP contribution >= 0.6 is 0 Å². The van der Waals surface area contributed by atoms with E-state index in [1.54, 1.807) is 36.5 Å². The minimum Gasteiger partial charge on any atom is -0.397 e. The molecule has 0 aliphatic rings. The zero-order valence-corrected chi connectivity index (χ0v) is 9.75. The number of nitrogens with zero attached hydrogens (tertiary/aromatic N) is 3. The third-order valence-corrected chi connectivity index (χ3v) is 2.58. The van der Waals surface area contributed by atoms with Crippen LogP contribution in [0.4, 0.5) is 10.1 Å². The van der Waals surface area contributed by atoms with Gasteiger partial charge in [-0.15, -0.1) is 0 Å². The number of benzene rings is 1. The topological polar surface area (TPSA) is 77.8 Å². The van der Waals surface area contributed by atoms with Crippen molar-refractivity contribution in [2.45, 2.75) is 0 Å². The number of pyridine rings is 1. The van der Waals surface area contributed by atoms with E-state index in [-0.39, 0.29) is 17.3 Å². The van der Waals surface area contributed by atoms with Crippen molar-refractivity contribution in [2.75, 3.05) is 5.73 Å². The maximum absolute atomic E-state index is 13.6. The summed E-state index contributed by atoms with van der Waals surface area (Å²) in [6.45, 7) is 0. The Labute approximate surface area is 107 Å². The molecule has 3 aromatic rings. The maximum atomic E-state index is 13.6. The molecular formula is C13H9FN4O. The van der Waals surface area contributed by atoms with Gasteiger partial charge in [0.1, 0.15) is 5.82 Å². The Morgan fingerprint density at radius 3 is 2.74 bits per heavy atom. The second kappa shape index (κ2) is 4.49. The van der Waals surface area contributed by atoms with E-state index in [9.17, 15) is 4.39 Å². The molecule has 0 radical (unpaired) electrons. The Hall–Kier alpha value is -2.76. The molecule has 0 bridgehead atoms. The average molecular weight is 256 g/mol. The Morgan fingerprint density at radius 1 is 1.11 bits per heavy atom. The first-order valence-electron chi connectivity index (χ1n) is 5.55. The molecule has 0 aliphatic carbocycles. The smallest absolute Gasteiger partial charge is 0.278 e. The van der Waals surface area contributed by atoms with E-state index < -0.39 is 5.82 Å². The molecule has 0 fully saturated rings. The van der Waals surface area contributed by atoms with E-state index in [2.05, 4.69) is 15.1 Å². The Balaban J connectivity index is 2.06. The molecule has 2 aromatic heterocycles. The van der Waals surface area contributed by atoms with Gasteiger partial charge in [0.25, 0.3) is 5.89 Å². The lowest BCUT2D eigenvalue weighted by Gasteiger charge is -1.97. The average Bonchev–Trinajstić information content (AvgIpc) is 2.89. The lowest BCUT2D eigenvalue weighted by Crippen LogP contribution is -1.92. The van der Waals surface area contributed by atoms with Gasteiger partial charge < -0.3 is 10.3 Å². The van der Waals surface area contributed by atoms with Crippen LogP contribution in [0, 0.1) is 5.82 Å². The molecule has 6 heteroatoms. The largest absolute Gasteiger partial charge is 0.397 e. The van der Waals surface area contributed by atoms with Crippen molar-refractivity contribution in [2.24, 2.45) is 0 Å². The van der Waals surface area contributed by atoms with E-state index in [0.29, 0.717) is 11.4 Å². The first-order chi connectivity index (χ1) is 9.25.